The zero-order valence-electron chi connectivity index (χ0n) is 19.9. The Labute approximate surface area is 220 Å². The van der Waals surface area contributed by atoms with Crippen LogP contribution in [0.1, 0.15) is 38.3 Å². The van der Waals surface area contributed by atoms with E-state index in [0.29, 0.717) is 6.07 Å². The number of hydrogen-bond acceptors (Lipinski definition) is 6. The molecule has 0 saturated heterocycles. The molecule has 0 radical (unpaired) electrons. The molecule has 0 saturated carbocycles. The number of ether oxygens (including phenoxy) is 2. The maximum absolute atomic E-state index is 14.7. The maximum atomic E-state index is 14.7. The quantitative estimate of drug-likeness (QED) is 0.245. The molecule has 3 rings (SSSR count). The van der Waals surface area contributed by atoms with Crippen molar-refractivity contribution in [3.8, 4) is 5.75 Å². The number of amides is 2. The first-order valence-corrected chi connectivity index (χ1v) is 10.9. The molecule has 0 bridgehead atoms. The van der Waals surface area contributed by atoms with E-state index in [9.17, 15) is 44.7 Å². The summed E-state index contributed by atoms with van der Waals surface area (Å²) in [5.41, 5.74) is 15.2. The molecule has 0 fully saturated rings. The lowest BCUT2D eigenvalue weighted by atomic mass is 9.73. The second-order valence-electron chi connectivity index (χ2n) is 8.50. The second-order valence-corrected chi connectivity index (χ2v) is 8.50. The number of primary amides is 2. The van der Waals surface area contributed by atoms with Crippen LogP contribution in [-0.2, 0) is 10.3 Å². The van der Waals surface area contributed by atoms with Gasteiger partial charge in [-0.05, 0) is 42.0 Å². The number of rotatable bonds is 10. The highest BCUT2D eigenvalue weighted by Gasteiger charge is 2.55. The molecule has 8 nitrogen and oxygen atoms in total. The first kappa shape index (κ1) is 30.2. The van der Waals surface area contributed by atoms with Crippen molar-refractivity contribution in [2.75, 3.05) is 5.73 Å². The van der Waals surface area contributed by atoms with E-state index >= 15 is 0 Å². The van der Waals surface area contributed by atoms with Gasteiger partial charge in [-0.1, -0.05) is 6.08 Å². The summed E-state index contributed by atoms with van der Waals surface area (Å²) < 4.78 is 119. The van der Waals surface area contributed by atoms with Crippen LogP contribution >= 0.6 is 0 Å². The molecule has 2 aromatic carbocycles. The molecule has 1 aliphatic carbocycles. The molecule has 1 aliphatic rings. The van der Waals surface area contributed by atoms with Crippen LogP contribution in [0.4, 0.5) is 40.8 Å². The lowest BCUT2D eigenvalue weighted by molar-refractivity contribution is -0.335. The monoisotopic (exact) mass is 580 g/mol. The summed E-state index contributed by atoms with van der Waals surface area (Å²) in [6.45, 7) is 0. The molecule has 16 heteroatoms. The Balaban J connectivity index is 2.47. The minimum Gasteiger partial charge on any atom is -0.428 e. The minimum absolute atomic E-state index is 0.312. The molecule has 0 aliphatic heterocycles. The standard InChI is InChI=1S/C24H20F8N4O4/c25-20(26)23(29,30)39-17-8-11(33)2-5-13(17)15-6-3-12(34)9-22(15,40-24(31,32)21(27)28)16-7-10(18(35)37)1-4-14(16)19(36)38/h1-8,20-21H,9,33-34H2,(H2,35,37)(H2,36,38). The first-order valence-electron chi connectivity index (χ1n) is 10.9. The number of alkyl halides is 8. The topological polar surface area (TPSA) is 157 Å². The van der Waals surface area contributed by atoms with Crippen LogP contribution in [0.2, 0.25) is 0 Å². The average molecular weight is 580 g/mol. The van der Waals surface area contributed by atoms with E-state index in [2.05, 4.69) is 9.47 Å². The Hall–Kier alpha value is -4.34. The van der Waals surface area contributed by atoms with E-state index < -0.39 is 82.5 Å². The van der Waals surface area contributed by atoms with Gasteiger partial charge in [-0.15, -0.1) is 0 Å². The van der Waals surface area contributed by atoms with Crippen LogP contribution in [0.3, 0.4) is 0 Å². The second kappa shape index (κ2) is 10.7. The van der Waals surface area contributed by atoms with Crippen molar-refractivity contribution in [2.45, 2.75) is 37.1 Å². The first-order chi connectivity index (χ1) is 18.4. The van der Waals surface area contributed by atoms with Crippen molar-refractivity contribution >= 4 is 23.1 Å². The SMILES string of the molecule is NC(=O)c1ccc(C(N)=O)c(C2(OC(F)(F)C(F)F)CC(N)=CC=C2c2ccc(N)cc2OC(F)(F)C(F)F)c1. The number of nitrogens with two attached hydrogens (primary N) is 4. The highest BCUT2D eigenvalue weighted by molar-refractivity contribution is 5.99. The van der Waals surface area contributed by atoms with Crippen LogP contribution in [0.25, 0.3) is 5.57 Å². The normalized spacial score (nSPS) is 17.9. The molecular weight excluding hydrogens is 560 g/mol. The van der Waals surface area contributed by atoms with Gasteiger partial charge in [-0.2, -0.15) is 26.3 Å². The van der Waals surface area contributed by atoms with Gasteiger partial charge in [0.2, 0.25) is 11.8 Å². The lowest BCUT2D eigenvalue weighted by Crippen LogP contribution is -2.45. The van der Waals surface area contributed by atoms with Gasteiger partial charge >= 0.3 is 25.1 Å². The Bertz CT molecular complexity index is 1400. The molecule has 216 valence electrons. The fraction of sp³-hybridized carbons (Fsp3) is 0.250. The summed E-state index contributed by atoms with van der Waals surface area (Å²) in [7, 11) is 0. The zero-order valence-corrected chi connectivity index (χ0v) is 19.9. The van der Waals surface area contributed by atoms with Gasteiger partial charge in [0.15, 0.2) is 0 Å². The lowest BCUT2D eigenvalue weighted by Gasteiger charge is -2.42. The number of benzene rings is 2. The Morgan fingerprint density at radius 3 is 2.02 bits per heavy atom. The number of carbonyl (C=O) groups excluding carboxylic acids is 2. The molecule has 2 aromatic rings. The van der Waals surface area contributed by atoms with Gasteiger partial charge in [0, 0.05) is 46.1 Å². The number of hydrogen-bond donors (Lipinski definition) is 4. The highest BCUT2D eigenvalue weighted by Crippen LogP contribution is 2.53. The summed E-state index contributed by atoms with van der Waals surface area (Å²) in [5.74, 6) is -3.59. The van der Waals surface area contributed by atoms with E-state index in [1.165, 1.54) is 0 Å². The summed E-state index contributed by atoms with van der Waals surface area (Å²) in [4.78, 5) is 24.2. The fourth-order valence-corrected chi connectivity index (χ4v) is 4.02. The van der Waals surface area contributed by atoms with Crippen molar-refractivity contribution in [3.05, 3.63) is 76.5 Å². The van der Waals surface area contributed by atoms with Crippen molar-refractivity contribution in [1.82, 2.24) is 0 Å². The average Bonchev–Trinajstić information content (AvgIpc) is 2.83. The van der Waals surface area contributed by atoms with E-state index in [1.54, 1.807) is 0 Å². The van der Waals surface area contributed by atoms with Crippen molar-refractivity contribution in [1.29, 1.82) is 0 Å². The predicted molar refractivity (Wildman–Crippen MR) is 124 cm³/mol. The van der Waals surface area contributed by atoms with Crippen LogP contribution in [-0.4, -0.2) is 36.9 Å². The van der Waals surface area contributed by atoms with Gasteiger partial charge in [-0.3, -0.25) is 14.3 Å². The minimum atomic E-state index is -5.31. The molecule has 8 N–H and O–H groups in total. The molecule has 0 aromatic heterocycles. The third-order valence-electron chi connectivity index (χ3n) is 5.72. The Morgan fingerprint density at radius 2 is 1.48 bits per heavy atom. The summed E-state index contributed by atoms with van der Waals surface area (Å²) in [6, 6.07) is 5.10. The van der Waals surface area contributed by atoms with Gasteiger partial charge in [0.1, 0.15) is 11.4 Å². The molecule has 0 heterocycles. The zero-order chi connectivity index (χ0) is 30.2. The highest BCUT2D eigenvalue weighted by atomic mass is 19.3. The molecule has 1 atom stereocenters. The van der Waals surface area contributed by atoms with Crippen molar-refractivity contribution in [3.63, 3.8) is 0 Å². The van der Waals surface area contributed by atoms with E-state index in [-0.39, 0.29) is 11.4 Å². The van der Waals surface area contributed by atoms with E-state index in [1.807, 2.05) is 0 Å². The number of carbonyl (C=O) groups is 2. The van der Waals surface area contributed by atoms with Gasteiger partial charge < -0.3 is 27.7 Å². The smallest absolute Gasteiger partial charge is 0.428 e. The Morgan fingerprint density at radius 1 is 0.850 bits per heavy atom. The maximum Gasteiger partial charge on any atom is 0.461 e. The number of anilines is 1. The largest absolute Gasteiger partial charge is 0.461 e. The van der Waals surface area contributed by atoms with Crippen molar-refractivity contribution in [2.24, 2.45) is 17.2 Å². The summed E-state index contributed by atoms with van der Waals surface area (Å²) in [6.07, 6.45) is -18.3. The molecule has 0 spiro atoms. The van der Waals surface area contributed by atoms with Crippen molar-refractivity contribution < 1.29 is 54.2 Å². The number of allylic oxidation sites excluding steroid dienone is 2. The fourth-order valence-electron chi connectivity index (χ4n) is 4.02. The van der Waals surface area contributed by atoms with Crippen LogP contribution < -0.4 is 27.7 Å². The van der Waals surface area contributed by atoms with Crippen LogP contribution in [0.5, 0.6) is 5.75 Å². The van der Waals surface area contributed by atoms with Crippen LogP contribution in [0, 0.1) is 0 Å². The van der Waals surface area contributed by atoms with Gasteiger partial charge in [-0.25, -0.2) is 8.78 Å². The van der Waals surface area contributed by atoms with E-state index in [0.717, 1.165) is 42.5 Å². The number of nitrogen functional groups attached to an aromatic ring is 1. The van der Waals surface area contributed by atoms with Gasteiger partial charge in [0.25, 0.3) is 0 Å². The summed E-state index contributed by atoms with van der Waals surface area (Å²) in [5, 5.41) is 0. The molecule has 1 unspecified atom stereocenters. The molecule has 40 heavy (non-hydrogen) atoms. The third-order valence-corrected chi connectivity index (χ3v) is 5.72. The number of halogens is 8. The Kier molecular flexibility index (Phi) is 8.06. The van der Waals surface area contributed by atoms with Gasteiger partial charge in [0.05, 0.1) is 0 Å². The molecule has 2 amide bonds. The van der Waals surface area contributed by atoms with E-state index in [4.69, 9.17) is 22.9 Å². The predicted octanol–water partition coefficient (Wildman–Crippen LogP) is 4.10. The third kappa shape index (κ3) is 5.80. The molecular formula is C24H20F8N4O4. The summed E-state index contributed by atoms with van der Waals surface area (Å²) >= 11 is 0. The van der Waals surface area contributed by atoms with Crippen LogP contribution in [0.15, 0.2) is 54.2 Å².